The number of pyridine rings is 2. The molecule has 2 aromatic heterocycles. The highest BCUT2D eigenvalue weighted by Gasteiger charge is 2.40. The van der Waals surface area contributed by atoms with E-state index in [1.54, 1.807) is 23.9 Å². The van der Waals surface area contributed by atoms with E-state index in [9.17, 15) is 9.18 Å². The maximum atomic E-state index is 14.0. The number of rotatable bonds is 2. The second-order valence-electron chi connectivity index (χ2n) is 9.71. The number of piperazine rings is 1. The van der Waals surface area contributed by atoms with Crippen LogP contribution in [0.25, 0.3) is 11.0 Å². The maximum absolute atomic E-state index is 14.0. The van der Waals surface area contributed by atoms with Crippen LogP contribution < -0.4 is 21.1 Å². The van der Waals surface area contributed by atoms with Gasteiger partial charge in [-0.2, -0.15) is 0 Å². The lowest BCUT2D eigenvalue weighted by Crippen LogP contribution is -2.51. The van der Waals surface area contributed by atoms with Gasteiger partial charge in [-0.25, -0.2) is 9.37 Å². The monoisotopic (exact) mass is 448 g/mol. The third-order valence-corrected chi connectivity index (χ3v) is 7.65. The first-order valence-corrected chi connectivity index (χ1v) is 11.6. The Morgan fingerprint density at radius 2 is 1.94 bits per heavy atom. The van der Waals surface area contributed by atoms with Gasteiger partial charge in [0.25, 0.3) is 5.56 Å². The lowest BCUT2D eigenvalue weighted by Gasteiger charge is -2.43. The molecular formula is C25H29FN6O. The number of hydrogen-bond acceptors (Lipinski definition) is 6. The molecule has 172 valence electrons. The summed E-state index contributed by atoms with van der Waals surface area (Å²) < 4.78 is 15.6. The summed E-state index contributed by atoms with van der Waals surface area (Å²) in [5.41, 5.74) is 11.2. The fraction of sp³-hybridized carbons (Fsp3) is 0.440. The number of hydrogen-bond donors (Lipinski definition) is 1. The lowest BCUT2D eigenvalue weighted by atomic mass is 10.0. The van der Waals surface area contributed by atoms with Gasteiger partial charge in [0.05, 0.1) is 24.3 Å². The van der Waals surface area contributed by atoms with Crippen molar-refractivity contribution in [2.24, 2.45) is 12.8 Å². The van der Waals surface area contributed by atoms with Crippen LogP contribution in [-0.4, -0.2) is 58.9 Å². The van der Waals surface area contributed by atoms with E-state index in [2.05, 4.69) is 44.8 Å². The van der Waals surface area contributed by atoms with Crippen LogP contribution in [0.2, 0.25) is 0 Å². The average Bonchev–Trinajstić information content (AvgIpc) is 3.35. The molecule has 5 heterocycles. The van der Waals surface area contributed by atoms with E-state index in [1.165, 1.54) is 11.1 Å². The van der Waals surface area contributed by atoms with Gasteiger partial charge in [0.1, 0.15) is 11.8 Å². The minimum absolute atomic E-state index is 0.0438. The Hall–Kier alpha value is -2.97. The molecular weight excluding hydrogens is 419 g/mol. The molecule has 3 aromatic rings. The SMILES string of the molecule is C[C@@H]1CN(c2cc(=O)n(C)c3ncccc23)C[C@@H]2c3ccc(N4C[C@@H](N)[C@@H](F)C4)cc3CN12. The fourth-order valence-corrected chi connectivity index (χ4v) is 5.83. The maximum Gasteiger partial charge on any atom is 0.253 e. The van der Waals surface area contributed by atoms with Gasteiger partial charge >= 0.3 is 0 Å². The van der Waals surface area contributed by atoms with Gasteiger partial charge in [-0.3, -0.25) is 14.3 Å². The molecule has 0 saturated carbocycles. The van der Waals surface area contributed by atoms with Gasteiger partial charge in [0, 0.05) is 62.6 Å². The van der Waals surface area contributed by atoms with Crippen LogP contribution in [-0.2, 0) is 13.6 Å². The first kappa shape index (κ1) is 20.6. The Bertz CT molecular complexity index is 1280. The fourth-order valence-electron chi connectivity index (χ4n) is 5.83. The van der Waals surface area contributed by atoms with Crippen molar-refractivity contribution in [2.45, 2.75) is 37.8 Å². The second-order valence-corrected chi connectivity index (χ2v) is 9.71. The van der Waals surface area contributed by atoms with Crippen LogP contribution >= 0.6 is 0 Å². The van der Waals surface area contributed by atoms with Crippen molar-refractivity contribution in [3.8, 4) is 0 Å². The predicted molar refractivity (Wildman–Crippen MR) is 128 cm³/mol. The Morgan fingerprint density at radius 1 is 1.09 bits per heavy atom. The quantitative estimate of drug-likeness (QED) is 0.648. The smallest absolute Gasteiger partial charge is 0.253 e. The Labute approximate surface area is 192 Å². The molecule has 0 amide bonds. The molecule has 3 aliphatic heterocycles. The molecule has 0 spiro atoms. The molecule has 2 fully saturated rings. The molecule has 3 aliphatic rings. The molecule has 33 heavy (non-hydrogen) atoms. The van der Waals surface area contributed by atoms with Crippen LogP contribution in [0.4, 0.5) is 15.8 Å². The number of fused-ring (bicyclic) bond motifs is 4. The summed E-state index contributed by atoms with van der Waals surface area (Å²) in [7, 11) is 1.77. The molecule has 4 atom stereocenters. The molecule has 6 rings (SSSR count). The molecule has 1 aromatic carbocycles. The molecule has 0 radical (unpaired) electrons. The van der Waals surface area contributed by atoms with E-state index in [-0.39, 0.29) is 11.6 Å². The van der Waals surface area contributed by atoms with Crippen molar-refractivity contribution in [3.05, 3.63) is 64.1 Å². The minimum Gasteiger partial charge on any atom is -0.367 e. The lowest BCUT2D eigenvalue weighted by molar-refractivity contribution is 0.134. The average molecular weight is 449 g/mol. The van der Waals surface area contributed by atoms with Crippen molar-refractivity contribution >= 4 is 22.4 Å². The zero-order chi connectivity index (χ0) is 22.9. The predicted octanol–water partition coefficient (Wildman–Crippen LogP) is 2.18. The highest BCUT2D eigenvalue weighted by atomic mass is 19.1. The summed E-state index contributed by atoms with van der Waals surface area (Å²) in [5.74, 6) is 0. The summed E-state index contributed by atoms with van der Waals surface area (Å²) in [6, 6.07) is 12.4. The highest BCUT2D eigenvalue weighted by molar-refractivity contribution is 5.89. The third-order valence-electron chi connectivity index (χ3n) is 7.65. The summed E-state index contributed by atoms with van der Waals surface area (Å²) in [6.45, 7) is 5.72. The molecule has 2 saturated heterocycles. The van der Waals surface area contributed by atoms with Gasteiger partial charge in [-0.05, 0) is 42.3 Å². The van der Waals surface area contributed by atoms with Gasteiger partial charge in [0.2, 0.25) is 0 Å². The third kappa shape index (κ3) is 3.23. The van der Waals surface area contributed by atoms with Crippen LogP contribution in [0.3, 0.4) is 0 Å². The normalized spacial score (nSPS) is 27.3. The van der Waals surface area contributed by atoms with Crippen LogP contribution in [0, 0.1) is 0 Å². The second kappa shape index (κ2) is 7.53. The molecule has 7 nitrogen and oxygen atoms in total. The van der Waals surface area contributed by atoms with E-state index in [0.29, 0.717) is 24.8 Å². The van der Waals surface area contributed by atoms with Crippen molar-refractivity contribution in [3.63, 3.8) is 0 Å². The van der Waals surface area contributed by atoms with Crippen molar-refractivity contribution in [1.29, 1.82) is 0 Å². The van der Waals surface area contributed by atoms with E-state index in [4.69, 9.17) is 5.73 Å². The molecule has 0 aliphatic carbocycles. The molecule has 8 heteroatoms. The van der Waals surface area contributed by atoms with Crippen LogP contribution in [0.15, 0.2) is 47.4 Å². The Kier molecular flexibility index (Phi) is 4.71. The van der Waals surface area contributed by atoms with Gasteiger partial charge < -0.3 is 15.5 Å². The first-order valence-electron chi connectivity index (χ1n) is 11.6. The number of alkyl halides is 1. The zero-order valence-corrected chi connectivity index (χ0v) is 19.0. The number of aryl methyl sites for hydroxylation is 1. The first-order chi connectivity index (χ1) is 15.9. The molecule has 0 bridgehead atoms. The van der Waals surface area contributed by atoms with E-state index in [1.807, 2.05) is 12.1 Å². The van der Waals surface area contributed by atoms with Gasteiger partial charge in [-0.1, -0.05) is 6.07 Å². The summed E-state index contributed by atoms with van der Waals surface area (Å²) in [6.07, 6.45) is 0.760. The van der Waals surface area contributed by atoms with Gasteiger partial charge in [-0.15, -0.1) is 0 Å². The van der Waals surface area contributed by atoms with E-state index >= 15 is 0 Å². The van der Waals surface area contributed by atoms with Crippen molar-refractivity contribution in [2.75, 3.05) is 36.0 Å². The summed E-state index contributed by atoms with van der Waals surface area (Å²) in [5, 5.41) is 1.000. The topological polar surface area (TPSA) is 70.6 Å². The number of nitrogens with two attached hydrogens (primary N) is 1. The number of anilines is 2. The number of aromatic nitrogens is 2. The highest BCUT2D eigenvalue weighted by Crippen LogP contribution is 2.42. The van der Waals surface area contributed by atoms with E-state index in [0.717, 1.165) is 36.4 Å². The molecule has 0 unspecified atom stereocenters. The standard InChI is InChI=1S/C25H29FN6O/c1-15-10-31(22-9-24(33)29(2)25-19(22)4-3-7-28-25)14-23-18-6-5-17(8-16(18)11-32(15)23)30-12-20(26)21(27)13-30/h3-9,15,20-21,23H,10-14,27H2,1-2H3/t15-,20+,21-,23-/m1/s1. The number of benzene rings is 1. The van der Waals surface area contributed by atoms with Gasteiger partial charge in [0.15, 0.2) is 0 Å². The summed E-state index contributed by atoms with van der Waals surface area (Å²) in [4.78, 5) is 24.1. The Balaban J connectivity index is 1.34. The largest absolute Gasteiger partial charge is 0.367 e. The number of nitrogens with zero attached hydrogens (tertiary/aromatic N) is 5. The minimum atomic E-state index is -0.971. The van der Waals surface area contributed by atoms with Crippen LogP contribution in [0.5, 0.6) is 0 Å². The van der Waals surface area contributed by atoms with Crippen molar-refractivity contribution in [1.82, 2.24) is 14.5 Å². The van der Waals surface area contributed by atoms with Crippen molar-refractivity contribution < 1.29 is 4.39 Å². The summed E-state index contributed by atoms with van der Waals surface area (Å²) >= 11 is 0. The Morgan fingerprint density at radius 3 is 2.73 bits per heavy atom. The van der Waals surface area contributed by atoms with E-state index < -0.39 is 12.2 Å². The molecule has 2 N–H and O–H groups in total. The van der Waals surface area contributed by atoms with Crippen LogP contribution in [0.1, 0.15) is 24.1 Å². The zero-order valence-electron chi connectivity index (χ0n) is 19.0. The number of halogens is 1.